The molecule has 0 unspecified atom stereocenters. The molecule has 1 aliphatic heterocycles. The number of aromatic nitrogens is 4. The molecule has 0 saturated heterocycles. The average Bonchev–Trinajstić information content (AvgIpc) is 3.33. The summed E-state index contributed by atoms with van der Waals surface area (Å²) in [5.41, 5.74) is 2.37. The fraction of sp³-hybridized carbons (Fsp3) is 0.238. The minimum absolute atomic E-state index is 0.206. The van der Waals surface area contributed by atoms with Crippen LogP contribution in [0.1, 0.15) is 17.0 Å². The Morgan fingerprint density at radius 3 is 2.77 bits per heavy atom. The number of nitrogens with one attached hydrogen (secondary N) is 1. The molecule has 0 spiro atoms. The Kier molecular flexibility index (Phi) is 5.34. The first-order valence-corrected chi connectivity index (χ1v) is 9.47. The van der Waals surface area contributed by atoms with Crippen LogP contribution >= 0.6 is 0 Å². The minimum Gasteiger partial charge on any atom is -0.454 e. The number of hydrogen-bond donors (Lipinski definition) is 1. The summed E-state index contributed by atoms with van der Waals surface area (Å²) in [5.74, 6) is 1.63. The predicted octanol–water partition coefficient (Wildman–Crippen LogP) is 1.60. The van der Waals surface area contributed by atoms with Crippen LogP contribution in [0.2, 0.25) is 0 Å². The molecule has 0 atom stereocenters. The molecule has 3 heterocycles. The maximum atomic E-state index is 12.1. The van der Waals surface area contributed by atoms with Crippen molar-refractivity contribution in [1.29, 1.82) is 0 Å². The standard InChI is InChI=1S/C21H21N5O4/c1-14-11-15(2)26(23-14)19-6-8-21(28)25(24-19)10-9-22-20(27)7-4-16-3-5-17-18(12-16)30-13-29-17/h3-8,11-12H,9-10,13H2,1-2H3,(H,22,27)/b7-4+. The lowest BCUT2D eigenvalue weighted by Crippen LogP contribution is -2.31. The SMILES string of the molecule is Cc1cc(C)n(-c2ccc(=O)n(CCNC(=O)/C=C/c3ccc4c(c3)OCO4)n2)n1. The van der Waals surface area contributed by atoms with E-state index in [9.17, 15) is 9.59 Å². The van der Waals surface area contributed by atoms with Gasteiger partial charge in [-0.25, -0.2) is 9.36 Å². The van der Waals surface area contributed by atoms with Gasteiger partial charge in [0, 0.05) is 24.4 Å². The Morgan fingerprint density at radius 1 is 1.13 bits per heavy atom. The quantitative estimate of drug-likeness (QED) is 0.623. The zero-order valence-electron chi connectivity index (χ0n) is 16.7. The highest BCUT2D eigenvalue weighted by atomic mass is 16.7. The first kappa shape index (κ1) is 19.4. The topological polar surface area (TPSA) is 100 Å². The summed E-state index contributed by atoms with van der Waals surface area (Å²) in [5, 5.41) is 11.5. The molecule has 1 N–H and O–H groups in total. The number of fused-ring (bicyclic) bond motifs is 1. The summed E-state index contributed by atoms with van der Waals surface area (Å²) in [6, 6.07) is 10.5. The third-order valence-electron chi connectivity index (χ3n) is 4.53. The zero-order chi connectivity index (χ0) is 21.1. The number of carbonyl (C=O) groups is 1. The molecular formula is C21H21N5O4. The second-order valence-corrected chi connectivity index (χ2v) is 6.83. The molecular weight excluding hydrogens is 386 g/mol. The van der Waals surface area contributed by atoms with Crippen LogP contribution in [0.25, 0.3) is 11.9 Å². The van der Waals surface area contributed by atoms with Crippen molar-refractivity contribution >= 4 is 12.0 Å². The second-order valence-electron chi connectivity index (χ2n) is 6.83. The summed E-state index contributed by atoms with van der Waals surface area (Å²) in [4.78, 5) is 24.2. The lowest BCUT2D eigenvalue weighted by molar-refractivity contribution is -0.116. The molecule has 30 heavy (non-hydrogen) atoms. The molecule has 1 aromatic carbocycles. The van der Waals surface area contributed by atoms with Crippen LogP contribution in [-0.2, 0) is 11.3 Å². The zero-order valence-corrected chi connectivity index (χ0v) is 16.7. The third-order valence-corrected chi connectivity index (χ3v) is 4.53. The van der Waals surface area contributed by atoms with E-state index in [4.69, 9.17) is 9.47 Å². The van der Waals surface area contributed by atoms with Gasteiger partial charge in [-0.05, 0) is 49.8 Å². The van der Waals surface area contributed by atoms with Crippen molar-refractivity contribution in [3.05, 3.63) is 69.8 Å². The van der Waals surface area contributed by atoms with E-state index in [2.05, 4.69) is 15.5 Å². The molecule has 0 radical (unpaired) electrons. The largest absolute Gasteiger partial charge is 0.454 e. The maximum Gasteiger partial charge on any atom is 0.266 e. The molecule has 1 amide bonds. The average molecular weight is 407 g/mol. The van der Waals surface area contributed by atoms with Gasteiger partial charge in [-0.2, -0.15) is 5.10 Å². The lowest BCUT2D eigenvalue weighted by Gasteiger charge is -2.08. The Balaban J connectivity index is 1.36. The molecule has 0 bridgehead atoms. The summed E-state index contributed by atoms with van der Waals surface area (Å²) >= 11 is 0. The molecule has 0 saturated carbocycles. The molecule has 9 nitrogen and oxygen atoms in total. The predicted molar refractivity (Wildman–Crippen MR) is 110 cm³/mol. The molecule has 0 aliphatic carbocycles. The number of rotatable bonds is 6. The smallest absolute Gasteiger partial charge is 0.266 e. The monoisotopic (exact) mass is 407 g/mol. The van der Waals surface area contributed by atoms with Crippen LogP contribution in [0.5, 0.6) is 11.5 Å². The van der Waals surface area contributed by atoms with Crippen molar-refractivity contribution < 1.29 is 14.3 Å². The fourth-order valence-corrected chi connectivity index (χ4v) is 3.10. The van der Waals surface area contributed by atoms with Gasteiger partial charge in [0.25, 0.3) is 5.56 Å². The maximum absolute atomic E-state index is 12.1. The number of amides is 1. The number of ether oxygens (including phenoxy) is 2. The Morgan fingerprint density at radius 2 is 1.97 bits per heavy atom. The summed E-state index contributed by atoms with van der Waals surface area (Å²) < 4.78 is 13.6. The molecule has 4 rings (SSSR count). The summed E-state index contributed by atoms with van der Waals surface area (Å²) in [6.07, 6.45) is 3.12. The second kappa shape index (κ2) is 8.24. The number of aryl methyl sites for hydroxylation is 2. The lowest BCUT2D eigenvalue weighted by atomic mass is 10.2. The Hall–Kier alpha value is -3.88. The molecule has 154 valence electrons. The highest BCUT2D eigenvalue weighted by molar-refractivity contribution is 5.91. The molecule has 9 heteroatoms. The van der Waals surface area contributed by atoms with Crippen LogP contribution in [-0.4, -0.2) is 38.8 Å². The van der Waals surface area contributed by atoms with Gasteiger partial charge < -0.3 is 14.8 Å². The van der Waals surface area contributed by atoms with E-state index in [-0.39, 0.29) is 31.3 Å². The first-order chi connectivity index (χ1) is 14.5. The number of nitrogens with zero attached hydrogens (tertiary/aromatic N) is 4. The third kappa shape index (κ3) is 4.24. The highest BCUT2D eigenvalue weighted by Crippen LogP contribution is 2.32. The van der Waals surface area contributed by atoms with Crippen molar-refractivity contribution in [2.24, 2.45) is 0 Å². The van der Waals surface area contributed by atoms with E-state index in [1.165, 1.54) is 16.8 Å². The fourth-order valence-electron chi connectivity index (χ4n) is 3.10. The summed E-state index contributed by atoms with van der Waals surface area (Å²) in [6.45, 7) is 4.53. The van der Waals surface area contributed by atoms with Gasteiger partial charge in [0.15, 0.2) is 17.3 Å². The molecule has 3 aromatic rings. The van der Waals surface area contributed by atoms with Gasteiger partial charge in [0.2, 0.25) is 12.7 Å². The van der Waals surface area contributed by atoms with Crippen molar-refractivity contribution in [3.63, 3.8) is 0 Å². The highest BCUT2D eigenvalue weighted by Gasteiger charge is 2.12. The van der Waals surface area contributed by atoms with Gasteiger partial charge in [0.1, 0.15) is 0 Å². The van der Waals surface area contributed by atoms with E-state index in [1.54, 1.807) is 29.0 Å². The molecule has 0 fully saturated rings. The summed E-state index contributed by atoms with van der Waals surface area (Å²) in [7, 11) is 0. The van der Waals surface area contributed by atoms with E-state index >= 15 is 0 Å². The van der Waals surface area contributed by atoms with Gasteiger partial charge in [-0.3, -0.25) is 9.59 Å². The molecule has 1 aliphatic rings. The van der Waals surface area contributed by atoms with Gasteiger partial charge >= 0.3 is 0 Å². The van der Waals surface area contributed by atoms with Crippen LogP contribution in [0.15, 0.2) is 47.3 Å². The van der Waals surface area contributed by atoms with Crippen LogP contribution in [0.4, 0.5) is 0 Å². The van der Waals surface area contributed by atoms with Crippen LogP contribution < -0.4 is 20.3 Å². The number of benzene rings is 1. The Bertz CT molecular complexity index is 1180. The normalized spacial score (nSPS) is 12.5. The van der Waals surface area contributed by atoms with E-state index < -0.39 is 0 Å². The van der Waals surface area contributed by atoms with E-state index in [1.807, 2.05) is 26.0 Å². The van der Waals surface area contributed by atoms with Crippen LogP contribution in [0, 0.1) is 13.8 Å². The number of hydrogen-bond acceptors (Lipinski definition) is 6. The van der Waals surface area contributed by atoms with Gasteiger partial charge in [0.05, 0.1) is 12.2 Å². The van der Waals surface area contributed by atoms with Gasteiger partial charge in [-0.1, -0.05) is 6.07 Å². The van der Waals surface area contributed by atoms with Crippen LogP contribution in [0.3, 0.4) is 0 Å². The van der Waals surface area contributed by atoms with Crippen molar-refractivity contribution in [3.8, 4) is 17.3 Å². The Labute approximate surface area is 172 Å². The van der Waals surface area contributed by atoms with Gasteiger partial charge in [-0.15, -0.1) is 5.10 Å². The first-order valence-electron chi connectivity index (χ1n) is 9.47. The molecule has 2 aromatic heterocycles. The van der Waals surface area contributed by atoms with E-state index in [0.29, 0.717) is 17.3 Å². The number of carbonyl (C=O) groups excluding carboxylic acids is 1. The van der Waals surface area contributed by atoms with Crippen molar-refractivity contribution in [1.82, 2.24) is 24.9 Å². The van der Waals surface area contributed by atoms with E-state index in [0.717, 1.165) is 17.0 Å². The minimum atomic E-state index is -0.268. The van der Waals surface area contributed by atoms with Crippen molar-refractivity contribution in [2.75, 3.05) is 13.3 Å². The van der Waals surface area contributed by atoms with Crippen molar-refractivity contribution in [2.45, 2.75) is 20.4 Å².